The van der Waals surface area contributed by atoms with Gasteiger partial charge in [-0.1, -0.05) is 0 Å². The van der Waals surface area contributed by atoms with Crippen LogP contribution in [0.3, 0.4) is 0 Å². The highest BCUT2D eigenvalue weighted by molar-refractivity contribution is 6.10. The van der Waals surface area contributed by atoms with Crippen LogP contribution < -0.4 is 0 Å². The van der Waals surface area contributed by atoms with Crippen LogP contribution in [0.25, 0.3) is 0 Å². The van der Waals surface area contributed by atoms with E-state index in [-0.39, 0.29) is 18.8 Å². The highest BCUT2D eigenvalue weighted by atomic mass is 16.6. The van der Waals surface area contributed by atoms with Gasteiger partial charge in [-0.3, -0.25) is 19.2 Å². The molecule has 128 valence electrons. The lowest BCUT2D eigenvalue weighted by atomic mass is 9.57. The third kappa shape index (κ3) is 1.90. The number of ether oxygens (including phenoxy) is 4. The molecule has 0 N–H and O–H groups in total. The summed E-state index contributed by atoms with van der Waals surface area (Å²) in [6, 6.07) is 0. The zero-order valence-electron chi connectivity index (χ0n) is 13.5. The Morgan fingerprint density at radius 3 is 1.78 bits per heavy atom. The molecule has 2 aliphatic carbocycles. The highest BCUT2D eigenvalue weighted by Crippen LogP contribution is 2.68. The minimum atomic E-state index is -2.08. The zero-order valence-corrected chi connectivity index (χ0v) is 13.5. The first kappa shape index (κ1) is 17.2. The van der Waals surface area contributed by atoms with E-state index < -0.39 is 40.6 Å². The second kappa shape index (κ2) is 5.82. The maximum atomic E-state index is 12.6. The highest BCUT2D eigenvalue weighted by Gasteiger charge is 2.81. The Morgan fingerprint density at radius 1 is 0.826 bits per heavy atom. The van der Waals surface area contributed by atoms with Gasteiger partial charge in [-0.2, -0.15) is 0 Å². The summed E-state index contributed by atoms with van der Waals surface area (Å²) in [6.07, 6.45) is 0.913. The van der Waals surface area contributed by atoms with E-state index in [0.29, 0.717) is 6.42 Å². The van der Waals surface area contributed by atoms with Crippen molar-refractivity contribution in [2.24, 2.45) is 22.7 Å². The van der Waals surface area contributed by atoms with Crippen molar-refractivity contribution in [1.29, 1.82) is 0 Å². The van der Waals surface area contributed by atoms with Crippen LogP contribution in [0.15, 0.2) is 0 Å². The Morgan fingerprint density at radius 2 is 1.35 bits per heavy atom. The van der Waals surface area contributed by atoms with Crippen LogP contribution in [0.1, 0.15) is 19.3 Å². The second-order valence-electron chi connectivity index (χ2n) is 5.87. The van der Waals surface area contributed by atoms with Gasteiger partial charge in [-0.25, -0.2) is 0 Å². The molecule has 0 heterocycles. The summed E-state index contributed by atoms with van der Waals surface area (Å²) in [6.45, 7) is 0. The van der Waals surface area contributed by atoms with Gasteiger partial charge in [0, 0.05) is 0 Å². The van der Waals surface area contributed by atoms with Crippen LogP contribution in [0.5, 0.6) is 0 Å². The molecule has 2 aliphatic rings. The normalized spacial score (nSPS) is 30.4. The molecule has 0 radical (unpaired) electrons. The van der Waals surface area contributed by atoms with Crippen LogP contribution in [0.4, 0.5) is 0 Å². The summed E-state index contributed by atoms with van der Waals surface area (Å²) in [7, 11) is 4.53. The predicted octanol–water partition coefficient (Wildman–Crippen LogP) is 0.0811. The molecule has 3 unspecified atom stereocenters. The minimum Gasteiger partial charge on any atom is -0.469 e. The molecule has 0 spiro atoms. The van der Waals surface area contributed by atoms with Crippen molar-refractivity contribution in [3.63, 3.8) is 0 Å². The molecule has 2 saturated carbocycles. The number of carbonyl (C=O) groups is 4. The molecule has 8 nitrogen and oxygen atoms in total. The number of hydrogen-bond acceptors (Lipinski definition) is 8. The van der Waals surface area contributed by atoms with Crippen molar-refractivity contribution in [3.8, 4) is 0 Å². The van der Waals surface area contributed by atoms with Crippen molar-refractivity contribution in [1.82, 2.24) is 0 Å². The maximum absolute atomic E-state index is 12.6. The Kier molecular flexibility index (Phi) is 4.37. The number of methoxy groups -OCH3 is 4. The van der Waals surface area contributed by atoms with Gasteiger partial charge in [0.2, 0.25) is 0 Å². The summed E-state index contributed by atoms with van der Waals surface area (Å²) in [5, 5.41) is 0. The van der Waals surface area contributed by atoms with Gasteiger partial charge in [0.05, 0.1) is 39.8 Å². The van der Waals surface area contributed by atoms with Gasteiger partial charge in [0.1, 0.15) is 0 Å². The van der Waals surface area contributed by atoms with E-state index in [1.807, 2.05) is 0 Å². The van der Waals surface area contributed by atoms with Gasteiger partial charge in [0.25, 0.3) is 0 Å². The van der Waals surface area contributed by atoms with Crippen molar-refractivity contribution in [3.05, 3.63) is 0 Å². The molecule has 23 heavy (non-hydrogen) atoms. The maximum Gasteiger partial charge on any atom is 0.325 e. The van der Waals surface area contributed by atoms with Gasteiger partial charge in [0.15, 0.2) is 5.41 Å². The third-order valence-corrected chi connectivity index (χ3v) is 5.29. The molecule has 2 fully saturated rings. The van der Waals surface area contributed by atoms with Gasteiger partial charge in [-0.15, -0.1) is 0 Å². The fraction of sp³-hybridized carbons (Fsp3) is 0.733. The Labute approximate surface area is 133 Å². The smallest absolute Gasteiger partial charge is 0.325 e. The summed E-state index contributed by atoms with van der Waals surface area (Å²) >= 11 is 0. The van der Waals surface area contributed by atoms with Crippen molar-refractivity contribution >= 4 is 23.9 Å². The lowest BCUT2D eigenvalue weighted by Crippen LogP contribution is -2.61. The Bertz CT molecular complexity index is 538. The Balaban J connectivity index is 2.76. The van der Waals surface area contributed by atoms with Crippen LogP contribution in [0.2, 0.25) is 0 Å². The zero-order chi connectivity index (χ0) is 17.4. The second-order valence-corrected chi connectivity index (χ2v) is 5.87. The molecule has 0 amide bonds. The van der Waals surface area contributed by atoms with Gasteiger partial charge in [-0.05, 0) is 25.2 Å². The fourth-order valence-electron chi connectivity index (χ4n) is 4.47. The molecule has 0 aliphatic heterocycles. The summed E-state index contributed by atoms with van der Waals surface area (Å²) in [5.41, 5.74) is -3.56. The molecule has 3 atom stereocenters. The molecular formula is C15H20O8. The molecular weight excluding hydrogens is 308 g/mol. The average Bonchev–Trinajstić information content (AvgIpc) is 3.14. The van der Waals surface area contributed by atoms with E-state index in [0.717, 1.165) is 14.2 Å². The predicted molar refractivity (Wildman–Crippen MR) is 73.8 cm³/mol. The third-order valence-electron chi connectivity index (χ3n) is 5.29. The van der Waals surface area contributed by atoms with Gasteiger partial charge >= 0.3 is 23.9 Å². The monoisotopic (exact) mass is 328 g/mol. The number of carbonyl (C=O) groups excluding carboxylic acids is 4. The first-order chi connectivity index (χ1) is 10.9. The summed E-state index contributed by atoms with van der Waals surface area (Å²) in [5.74, 6) is -4.92. The van der Waals surface area contributed by atoms with Crippen LogP contribution in [-0.2, 0) is 38.1 Å². The lowest BCUT2D eigenvalue weighted by molar-refractivity contribution is -0.198. The molecule has 0 aromatic rings. The SMILES string of the molecule is COC(=O)C1C2CCC(C(=O)OC)(C2)C1(C(=O)OC)C(=O)OC. The van der Waals surface area contributed by atoms with Crippen molar-refractivity contribution in [2.75, 3.05) is 28.4 Å². The van der Waals surface area contributed by atoms with E-state index in [9.17, 15) is 19.2 Å². The molecule has 0 aromatic heterocycles. The summed E-state index contributed by atoms with van der Waals surface area (Å²) in [4.78, 5) is 50.1. The minimum absolute atomic E-state index is 0.170. The van der Waals surface area contributed by atoms with E-state index in [4.69, 9.17) is 18.9 Å². The molecule has 0 aromatic carbocycles. The van der Waals surface area contributed by atoms with Gasteiger partial charge < -0.3 is 18.9 Å². The van der Waals surface area contributed by atoms with Crippen LogP contribution >= 0.6 is 0 Å². The standard InChI is InChI=1S/C15H20O8/c1-20-10(16)9-8-5-6-14(7-8,11(17)21-2)15(9,12(18)22-3)13(19)23-4/h8-9H,5-7H2,1-4H3. The number of hydrogen-bond donors (Lipinski definition) is 0. The number of rotatable bonds is 4. The van der Waals surface area contributed by atoms with E-state index in [2.05, 4.69) is 0 Å². The quantitative estimate of drug-likeness (QED) is 0.406. The average molecular weight is 328 g/mol. The fourth-order valence-corrected chi connectivity index (χ4v) is 4.47. The largest absolute Gasteiger partial charge is 0.469 e. The van der Waals surface area contributed by atoms with Crippen molar-refractivity contribution in [2.45, 2.75) is 19.3 Å². The van der Waals surface area contributed by atoms with E-state index in [1.54, 1.807) is 0 Å². The molecule has 2 rings (SSSR count). The first-order valence-corrected chi connectivity index (χ1v) is 7.20. The van der Waals surface area contributed by atoms with Crippen molar-refractivity contribution < 1.29 is 38.1 Å². The van der Waals surface area contributed by atoms with Crippen LogP contribution in [0, 0.1) is 22.7 Å². The summed E-state index contributed by atoms with van der Waals surface area (Å²) < 4.78 is 19.2. The lowest BCUT2D eigenvalue weighted by Gasteiger charge is -2.42. The van der Waals surface area contributed by atoms with E-state index in [1.165, 1.54) is 14.2 Å². The Hall–Kier alpha value is -2.12. The molecule has 2 bridgehead atoms. The van der Waals surface area contributed by atoms with E-state index >= 15 is 0 Å². The van der Waals surface area contributed by atoms with Crippen LogP contribution in [-0.4, -0.2) is 52.3 Å². The topological polar surface area (TPSA) is 105 Å². The number of esters is 4. The molecule has 0 saturated heterocycles. The number of fused-ring (bicyclic) bond motifs is 2. The molecule has 8 heteroatoms. The first-order valence-electron chi connectivity index (χ1n) is 7.20.